The number of aromatic carboxylic acids is 1. The van der Waals surface area contributed by atoms with Crippen molar-refractivity contribution in [3.8, 4) is 11.1 Å². The van der Waals surface area contributed by atoms with Gasteiger partial charge in [0.15, 0.2) is 6.79 Å². The molecule has 5 aromatic carbocycles. The van der Waals surface area contributed by atoms with Crippen LogP contribution in [0.5, 0.6) is 0 Å². The van der Waals surface area contributed by atoms with E-state index in [1.807, 2.05) is 66.7 Å². The van der Waals surface area contributed by atoms with Gasteiger partial charge < -0.3 is 23.7 Å². The van der Waals surface area contributed by atoms with Crippen LogP contribution in [0.1, 0.15) is 52.6 Å². The summed E-state index contributed by atoms with van der Waals surface area (Å²) in [5.41, 5.74) is 2.33. The fraction of sp³-hybridized carbons (Fsp3) is 0.195. The number of ether oxygens (including phenoxy) is 3. The Bertz CT molecular complexity index is 1920. The Morgan fingerprint density at radius 2 is 1.24 bits per heavy atom. The van der Waals surface area contributed by atoms with E-state index in [9.17, 15) is 19.5 Å². The zero-order chi connectivity index (χ0) is 36.4. The van der Waals surface area contributed by atoms with Gasteiger partial charge in [-0.1, -0.05) is 130 Å². The number of hydrogen-bond acceptors (Lipinski definition) is 7. The first-order valence-electron chi connectivity index (χ1n) is 16.4. The van der Waals surface area contributed by atoms with Crippen molar-refractivity contribution in [2.45, 2.75) is 39.0 Å². The lowest BCUT2D eigenvalue weighted by Crippen LogP contribution is -2.66. The molecule has 9 nitrogen and oxygen atoms in total. The van der Waals surface area contributed by atoms with Crippen LogP contribution < -0.4 is 15.7 Å². The molecule has 0 saturated carbocycles. The molecule has 5 aromatic rings. The van der Waals surface area contributed by atoms with Gasteiger partial charge in [0.25, 0.3) is 8.32 Å². The quantitative estimate of drug-likeness (QED) is 0.0730. The summed E-state index contributed by atoms with van der Waals surface area (Å²) in [4.78, 5) is 38.6. The summed E-state index contributed by atoms with van der Waals surface area (Å²) >= 11 is 0. The Kier molecular flexibility index (Phi) is 11.8. The second kappa shape index (κ2) is 16.4. The first-order chi connectivity index (χ1) is 24.5. The van der Waals surface area contributed by atoms with Crippen LogP contribution in [0.4, 0.5) is 10.5 Å². The lowest BCUT2D eigenvalue weighted by Gasteiger charge is -2.43. The molecule has 10 heteroatoms. The molecule has 0 aromatic heterocycles. The Morgan fingerprint density at radius 1 is 0.667 bits per heavy atom. The van der Waals surface area contributed by atoms with Gasteiger partial charge in [0, 0.05) is 12.8 Å². The molecule has 0 heterocycles. The molecule has 0 spiro atoms. The number of nitrogens with one attached hydrogen (secondary N) is 1. The van der Waals surface area contributed by atoms with Gasteiger partial charge in [-0.25, -0.2) is 14.4 Å². The standard InChI is InChI=1S/C41H41NO8Si/c1-41(2,3)51(32-16-10-6-11-17-32,33-18-12-7-13-19-33)50-27-30-20-22-34(36(24-30)38(43)44)35-23-21-31(25-37(35)39(45)49-28-47-4)42-40(46)48-26-29-14-8-5-9-15-29/h5-25H,26-28H2,1-4H3,(H,42,46)(H,43,44). The summed E-state index contributed by atoms with van der Waals surface area (Å²) in [7, 11) is -1.52. The van der Waals surface area contributed by atoms with E-state index in [-0.39, 0.29) is 41.9 Å². The summed E-state index contributed by atoms with van der Waals surface area (Å²) < 4.78 is 22.6. The number of carboxylic acid groups (broad SMARTS) is 1. The van der Waals surface area contributed by atoms with Gasteiger partial charge >= 0.3 is 18.0 Å². The first kappa shape index (κ1) is 36.7. The summed E-state index contributed by atoms with van der Waals surface area (Å²) in [6.45, 7) is 6.43. The number of hydrogen-bond donors (Lipinski definition) is 2. The molecule has 1 amide bonds. The number of carboxylic acids is 1. The van der Waals surface area contributed by atoms with Crippen molar-refractivity contribution in [2.75, 3.05) is 19.2 Å². The van der Waals surface area contributed by atoms with E-state index in [0.717, 1.165) is 15.9 Å². The van der Waals surface area contributed by atoms with Gasteiger partial charge in [0.05, 0.1) is 17.7 Å². The highest BCUT2D eigenvalue weighted by Gasteiger charge is 2.50. The minimum atomic E-state index is -2.90. The lowest BCUT2D eigenvalue weighted by atomic mass is 9.93. The van der Waals surface area contributed by atoms with Gasteiger partial charge in [-0.15, -0.1) is 0 Å². The zero-order valence-electron chi connectivity index (χ0n) is 29.1. The molecule has 5 rings (SSSR count). The predicted molar refractivity (Wildman–Crippen MR) is 199 cm³/mol. The van der Waals surface area contributed by atoms with E-state index in [2.05, 4.69) is 50.4 Å². The van der Waals surface area contributed by atoms with E-state index in [1.54, 1.807) is 30.3 Å². The van der Waals surface area contributed by atoms with Crippen LogP contribution in [0.25, 0.3) is 11.1 Å². The van der Waals surface area contributed by atoms with Crippen molar-refractivity contribution in [3.63, 3.8) is 0 Å². The van der Waals surface area contributed by atoms with Gasteiger partial charge in [0.2, 0.25) is 0 Å². The summed E-state index contributed by atoms with van der Waals surface area (Å²) in [5, 5.41) is 15.0. The maximum atomic E-state index is 13.3. The van der Waals surface area contributed by atoms with Crippen LogP contribution in [-0.2, 0) is 31.9 Å². The van der Waals surface area contributed by atoms with Crippen molar-refractivity contribution >= 4 is 42.4 Å². The van der Waals surface area contributed by atoms with E-state index in [1.165, 1.54) is 13.2 Å². The molecular weight excluding hydrogens is 663 g/mol. The molecular formula is C41H41NO8Si. The Hall–Kier alpha value is -5.55. The Labute approximate surface area is 298 Å². The van der Waals surface area contributed by atoms with Crippen molar-refractivity contribution < 1.29 is 38.1 Å². The summed E-state index contributed by atoms with van der Waals surface area (Å²) in [5.74, 6) is -1.94. The Morgan fingerprint density at radius 3 is 1.80 bits per heavy atom. The van der Waals surface area contributed by atoms with E-state index < -0.39 is 26.3 Å². The molecule has 0 aliphatic carbocycles. The maximum Gasteiger partial charge on any atom is 0.411 e. The van der Waals surface area contributed by atoms with E-state index in [4.69, 9.17) is 18.6 Å². The number of carbonyl (C=O) groups excluding carboxylic acids is 2. The number of anilines is 1. The SMILES string of the molecule is COCOC(=O)c1cc(NC(=O)OCc2ccccc2)ccc1-c1ccc(CO[Si](c2ccccc2)(c2ccccc2)C(C)(C)C)cc1C(=O)O. The van der Waals surface area contributed by atoms with Crippen LogP contribution in [0, 0.1) is 0 Å². The minimum Gasteiger partial charge on any atom is -0.478 e. The highest BCUT2D eigenvalue weighted by atomic mass is 28.4. The van der Waals surface area contributed by atoms with Crippen LogP contribution in [0.2, 0.25) is 5.04 Å². The molecule has 2 N–H and O–H groups in total. The maximum absolute atomic E-state index is 13.3. The summed E-state index contributed by atoms with van der Waals surface area (Å²) in [6, 6.07) is 39.2. The molecule has 0 aliphatic heterocycles. The van der Waals surface area contributed by atoms with Gasteiger partial charge in [-0.3, -0.25) is 5.32 Å². The third-order valence-electron chi connectivity index (χ3n) is 8.48. The predicted octanol–water partition coefficient (Wildman–Crippen LogP) is 7.64. The zero-order valence-corrected chi connectivity index (χ0v) is 30.1. The van der Waals surface area contributed by atoms with Crippen molar-refractivity contribution in [2.24, 2.45) is 0 Å². The molecule has 0 radical (unpaired) electrons. The van der Waals surface area contributed by atoms with Crippen LogP contribution >= 0.6 is 0 Å². The van der Waals surface area contributed by atoms with Crippen LogP contribution in [-0.4, -0.2) is 45.4 Å². The molecule has 51 heavy (non-hydrogen) atoms. The van der Waals surface area contributed by atoms with Crippen LogP contribution in [0.3, 0.4) is 0 Å². The average Bonchev–Trinajstić information content (AvgIpc) is 3.14. The first-order valence-corrected chi connectivity index (χ1v) is 18.3. The monoisotopic (exact) mass is 703 g/mol. The third-order valence-corrected chi connectivity index (χ3v) is 13.5. The normalized spacial score (nSPS) is 11.5. The van der Waals surface area contributed by atoms with Gasteiger partial charge in [0.1, 0.15) is 6.61 Å². The molecule has 0 unspecified atom stereocenters. The number of rotatable bonds is 13. The highest BCUT2D eigenvalue weighted by Crippen LogP contribution is 2.38. The van der Waals surface area contributed by atoms with Crippen molar-refractivity contribution in [1.82, 2.24) is 0 Å². The topological polar surface area (TPSA) is 120 Å². The van der Waals surface area contributed by atoms with Crippen molar-refractivity contribution in [3.05, 3.63) is 150 Å². The summed E-state index contributed by atoms with van der Waals surface area (Å²) in [6.07, 6.45) is -0.723. The van der Waals surface area contributed by atoms with Gasteiger partial charge in [-0.05, 0) is 55.9 Å². The van der Waals surface area contributed by atoms with Gasteiger partial charge in [-0.2, -0.15) is 0 Å². The van der Waals surface area contributed by atoms with E-state index in [0.29, 0.717) is 16.7 Å². The molecule has 0 bridgehead atoms. The number of esters is 1. The number of methoxy groups -OCH3 is 1. The fourth-order valence-corrected chi connectivity index (χ4v) is 10.7. The van der Waals surface area contributed by atoms with Crippen molar-refractivity contribution in [1.29, 1.82) is 0 Å². The molecule has 0 aliphatic rings. The largest absolute Gasteiger partial charge is 0.478 e. The third kappa shape index (κ3) is 8.61. The molecule has 0 fully saturated rings. The highest BCUT2D eigenvalue weighted by molar-refractivity contribution is 6.99. The average molecular weight is 704 g/mol. The minimum absolute atomic E-state index is 0.0256. The molecule has 262 valence electrons. The number of amides is 1. The Balaban J connectivity index is 1.48. The molecule has 0 saturated heterocycles. The molecule has 0 atom stereocenters. The second-order valence-electron chi connectivity index (χ2n) is 12.9. The second-order valence-corrected chi connectivity index (χ2v) is 17.2. The smallest absolute Gasteiger partial charge is 0.411 e. The van der Waals surface area contributed by atoms with E-state index >= 15 is 0 Å². The lowest BCUT2D eigenvalue weighted by molar-refractivity contribution is -0.0124. The number of carbonyl (C=O) groups is 3. The van der Waals surface area contributed by atoms with Crippen LogP contribution in [0.15, 0.2) is 127 Å². The fourth-order valence-electron chi connectivity index (χ4n) is 6.14. The number of benzene rings is 5.